The summed E-state index contributed by atoms with van der Waals surface area (Å²) in [5, 5.41) is 10.6. The normalized spacial score (nSPS) is 12.6. The molecule has 8 heteroatoms. The lowest BCUT2D eigenvalue weighted by Gasteiger charge is -2.07. The Morgan fingerprint density at radius 2 is 1.94 bits per heavy atom. The summed E-state index contributed by atoms with van der Waals surface area (Å²) in [7, 11) is -3.54. The van der Waals surface area contributed by atoms with E-state index in [1.165, 1.54) is 10.9 Å². The summed E-state index contributed by atoms with van der Waals surface area (Å²) in [6.07, 6.45) is 1.44. The Bertz CT molecular complexity index is 466. The van der Waals surface area contributed by atoms with Crippen molar-refractivity contribution >= 4 is 10.0 Å². The van der Waals surface area contributed by atoms with Crippen molar-refractivity contribution in [3.05, 3.63) is 6.20 Å². The molecule has 0 aliphatic heterocycles. The van der Waals surface area contributed by atoms with Gasteiger partial charge in [0.25, 0.3) is 10.0 Å². The first kappa shape index (κ1) is 15.1. The maximum absolute atomic E-state index is 11.8. The fraction of sp³-hybridized carbons (Fsp3) is 0.800. The fourth-order valence-electron chi connectivity index (χ4n) is 1.35. The van der Waals surface area contributed by atoms with E-state index < -0.39 is 10.0 Å². The van der Waals surface area contributed by atoms with Gasteiger partial charge in [-0.15, -0.1) is 5.10 Å². The lowest BCUT2D eigenvalue weighted by molar-refractivity contribution is 0.506. The zero-order chi connectivity index (χ0) is 13.8. The van der Waals surface area contributed by atoms with E-state index in [4.69, 9.17) is 0 Å². The maximum Gasteiger partial charge on any atom is 0.261 e. The Kier molecular flexibility index (Phi) is 5.24. The molecule has 7 nitrogen and oxygen atoms in total. The first-order chi connectivity index (χ1) is 8.31. The van der Waals surface area contributed by atoms with Crippen LogP contribution < -0.4 is 10.0 Å². The number of aromatic nitrogens is 3. The molecular formula is C10H21N5O2S. The predicted molar refractivity (Wildman–Crippen MR) is 68.6 cm³/mol. The topological polar surface area (TPSA) is 88.9 Å². The zero-order valence-electron chi connectivity index (χ0n) is 11.2. The molecule has 1 aromatic rings. The molecule has 1 aromatic heterocycles. The van der Waals surface area contributed by atoms with Crippen LogP contribution in [0.2, 0.25) is 0 Å². The Morgan fingerprint density at radius 1 is 1.28 bits per heavy atom. The molecule has 18 heavy (non-hydrogen) atoms. The quantitative estimate of drug-likeness (QED) is 0.729. The zero-order valence-corrected chi connectivity index (χ0v) is 12.0. The van der Waals surface area contributed by atoms with Gasteiger partial charge in [0.2, 0.25) is 5.03 Å². The van der Waals surface area contributed by atoms with E-state index in [1.807, 2.05) is 13.8 Å². The highest BCUT2D eigenvalue weighted by Crippen LogP contribution is 2.03. The van der Waals surface area contributed by atoms with Crippen LogP contribution in [0.15, 0.2) is 11.2 Å². The monoisotopic (exact) mass is 275 g/mol. The van der Waals surface area contributed by atoms with Crippen LogP contribution in [0, 0.1) is 0 Å². The molecule has 2 N–H and O–H groups in total. The van der Waals surface area contributed by atoms with Crippen molar-refractivity contribution in [2.24, 2.45) is 0 Å². The summed E-state index contributed by atoms with van der Waals surface area (Å²) >= 11 is 0. The molecule has 104 valence electrons. The third-order valence-corrected chi connectivity index (χ3v) is 3.60. The first-order valence-electron chi connectivity index (χ1n) is 5.97. The van der Waals surface area contributed by atoms with Crippen LogP contribution in [-0.4, -0.2) is 42.0 Å². The van der Waals surface area contributed by atoms with Crippen molar-refractivity contribution in [3.8, 4) is 0 Å². The summed E-state index contributed by atoms with van der Waals surface area (Å²) in [5.74, 6) is 0. The van der Waals surface area contributed by atoms with Gasteiger partial charge in [-0.05, 0) is 13.8 Å². The van der Waals surface area contributed by atoms with Gasteiger partial charge in [0.1, 0.15) is 0 Å². The van der Waals surface area contributed by atoms with Crippen LogP contribution >= 0.6 is 0 Å². The van der Waals surface area contributed by atoms with Crippen LogP contribution in [0.4, 0.5) is 0 Å². The molecule has 1 rings (SSSR count). The Balaban J connectivity index is 2.63. The van der Waals surface area contributed by atoms with E-state index in [-0.39, 0.29) is 11.1 Å². The van der Waals surface area contributed by atoms with Crippen LogP contribution in [0.3, 0.4) is 0 Å². The minimum atomic E-state index is -3.54. The second-order valence-electron chi connectivity index (χ2n) is 4.70. The third kappa shape index (κ3) is 4.71. The second kappa shape index (κ2) is 6.26. The smallest absolute Gasteiger partial charge is 0.261 e. The summed E-state index contributed by atoms with van der Waals surface area (Å²) < 4.78 is 27.6. The SMILES string of the molecule is CC(C)NCCn1cc(S(=O)(=O)NC(C)C)nn1. The number of hydrogen-bond donors (Lipinski definition) is 2. The van der Waals surface area contributed by atoms with E-state index >= 15 is 0 Å². The number of nitrogens with one attached hydrogen (secondary N) is 2. The van der Waals surface area contributed by atoms with Gasteiger partial charge in [-0.1, -0.05) is 19.1 Å². The van der Waals surface area contributed by atoms with Crippen molar-refractivity contribution in [2.45, 2.75) is 51.3 Å². The van der Waals surface area contributed by atoms with Crippen molar-refractivity contribution in [1.82, 2.24) is 25.0 Å². The molecule has 0 saturated heterocycles. The van der Waals surface area contributed by atoms with E-state index in [9.17, 15) is 8.42 Å². The van der Waals surface area contributed by atoms with Gasteiger partial charge in [-0.25, -0.2) is 17.8 Å². The molecule has 0 saturated carbocycles. The molecule has 0 bridgehead atoms. The van der Waals surface area contributed by atoms with Gasteiger partial charge in [0.05, 0.1) is 12.7 Å². The molecule has 1 heterocycles. The van der Waals surface area contributed by atoms with Gasteiger partial charge in [-0.2, -0.15) is 0 Å². The summed E-state index contributed by atoms with van der Waals surface area (Å²) in [6, 6.07) is 0.224. The summed E-state index contributed by atoms with van der Waals surface area (Å²) in [5.41, 5.74) is 0. The molecule has 0 fully saturated rings. The van der Waals surface area contributed by atoms with Crippen molar-refractivity contribution in [2.75, 3.05) is 6.54 Å². The molecule has 0 atom stereocenters. The number of rotatable bonds is 7. The maximum atomic E-state index is 11.8. The standard InChI is InChI=1S/C10H21N5O2S/c1-8(2)11-5-6-15-7-10(12-14-15)18(16,17)13-9(3)4/h7-9,11,13H,5-6H2,1-4H3. The van der Waals surface area contributed by atoms with Gasteiger partial charge < -0.3 is 5.32 Å². The summed E-state index contributed by atoms with van der Waals surface area (Å²) in [6.45, 7) is 8.91. The van der Waals surface area contributed by atoms with E-state index in [0.29, 0.717) is 12.6 Å². The second-order valence-corrected chi connectivity index (χ2v) is 6.37. The number of sulfonamides is 1. The highest BCUT2D eigenvalue weighted by atomic mass is 32.2. The average molecular weight is 275 g/mol. The molecule has 0 amide bonds. The number of nitrogens with zero attached hydrogens (tertiary/aromatic N) is 3. The fourth-order valence-corrected chi connectivity index (χ4v) is 2.50. The van der Waals surface area contributed by atoms with Crippen LogP contribution in [0.5, 0.6) is 0 Å². The van der Waals surface area contributed by atoms with Crippen LogP contribution in [-0.2, 0) is 16.6 Å². The third-order valence-electron chi connectivity index (χ3n) is 2.08. The molecule has 0 aliphatic carbocycles. The Morgan fingerprint density at radius 3 is 2.50 bits per heavy atom. The minimum Gasteiger partial charge on any atom is -0.313 e. The van der Waals surface area contributed by atoms with Gasteiger partial charge >= 0.3 is 0 Å². The number of hydrogen-bond acceptors (Lipinski definition) is 5. The van der Waals surface area contributed by atoms with E-state index in [2.05, 4.69) is 20.4 Å². The van der Waals surface area contributed by atoms with Crippen LogP contribution in [0.25, 0.3) is 0 Å². The van der Waals surface area contributed by atoms with Gasteiger partial charge in [-0.3, -0.25) is 0 Å². The first-order valence-corrected chi connectivity index (χ1v) is 7.45. The van der Waals surface area contributed by atoms with Gasteiger partial charge in [0, 0.05) is 18.6 Å². The summed E-state index contributed by atoms with van der Waals surface area (Å²) in [4.78, 5) is 0. The highest BCUT2D eigenvalue weighted by molar-refractivity contribution is 7.89. The molecule has 0 aliphatic rings. The van der Waals surface area contributed by atoms with Crippen molar-refractivity contribution < 1.29 is 8.42 Å². The highest BCUT2D eigenvalue weighted by Gasteiger charge is 2.19. The lowest BCUT2D eigenvalue weighted by Crippen LogP contribution is -2.30. The Labute approximate surface area is 108 Å². The molecule has 0 spiro atoms. The van der Waals surface area contributed by atoms with Crippen molar-refractivity contribution in [1.29, 1.82) is 0 Å². The molecule has 0 unspecified atom stereocenters. The van der Waals surface area contributed by atoms with Gasteiger partial charge in [0.15, 0.2) is 0 Å². The Hall–Kier alpha value is -0.990. The predicted octanol–water partition coefficient (Wildman–Crippen LogP) is -0.0372. The largest absolute Gasteiger partial charge is 0.313 e. The molecular weight excluding hydrogens is 254 g/mol. The molecule has 0 radical (unpaired) electrons. The minimum absolute atomic E-state index is 0.0410. The van der Waals surface area contributed by atoms with Crippen LogP contribution in [0.1, 0.15) is 27.7 Å². The molecule has 0 aromatic carbocycles. The van der Waals surface area contributed by atoms with E-state index in [1.54, 1.807) is 13.8 Å². The average Bonchev–Trinajstić information content (AvgIpc) is 2.64. The van der Waals surface area contributed by atoms with E-state index in [0.717, 1.165) is 6.54 Å². The van der Waals surface area contributed by atoms with Crippen molar-refractivity contribution in [3.63, 3.8) is 0 Å². The lowest BCUT2D eigenvalue weighted by atomic mass is 10.4.